The zero-order valence-electron chi connectivity index (χ0n) is 10.4. The van der Waals surface area contributed by atoms with Crippen LogP contribution in [0.5, 0.6) is 0 Å². The maximum atomic E-state index is 3.67. The maximum absolute atomic E-state index is 3.67. The van der Waals surface area contributed by atoms with Crippen molar-refractivity contribution < 1.29 is 0 Å². The van der Waals surface area contributed by atoms with E-state index in [1.807, 2.05) is 0 Å². The van der Waals surface area contributed by atoms with Gasteiger partial charge in [-0.15, -0.1) is 11.3 Å². The van der Waals surface area contributed by atoms with E-state index in [-0.39, 0.29) is 0 Å². The normalized spacial score (nSPS) is 15.0. The highest BCUT2D eigenvalue weighted by Gasteiger charge is 2.18. The van der Waals surface area contributed by atoms with Crippen LogP contribution < -0.4 is 5.32 Å². The summed E-state index contributed by atoms with van der Waals surface area (Å²) in [5.41, 5.74) is 1.44. The third-order valence-corrected chi connectivity index (χ3v) is 4.40. The molecule has 0 bridgehead atoms. The first-order valence-corrected chi connectivity index (χ1v) is 7.83. The van der Waals surface area contributed by atoms with Crippen LogP contribution >= 0.6 is 27.3 Å². The standard InChI is InChI=1S/C13H22BrNS/c1-4-6-10(3)13(15-7-5-2)11-8-12(14)16-9-11/h8-10,13,15H,4-7H2,1-3H3. The minimum absolute atomic E-state index is 0.516. The minimum Gasteiger partial charge on any atom is -0.310 e. The van der Waals surface area contributed by atoms with Crippen LogP contribution in [0.25, 0.3) is 0 Å². The van der Waals surface area contributed by atoms with Crippen molar-refractivity contribution in [3.05, 3.63) is 20.8 Å². The van der Waals surface area contributed by atoms with Crippen LogP contribution in [0, 0.1) is 5.92 Å². The van der Waals surface area contributed by atoms with Crippen LogP contribution in [0.4, 0.5) is 0 Å². The van der Waals surface area contributed by atoms with Crippen molar-refractivity contribution in [2.24, 2.45) is 5.92 Å². The molecule has 0 aromatic carbocycles. The number of nitrogens with one attached hydrogen (secondary N) is 1. The summed E-state index contributed by atoms with van der Waals surface area (Å²) in [6, 6.07) is 2.77. The van der Waals surface area contributed by atoms with Gasteiger partial charge < -0.3 is 5.32 Å². The molecule has 3 heteroatoms. The van der Waals surface area contributed by atoms with Crippen LogP contribution in [-0.2, 0) is 0 Å². The van der Waals surface area contributed by atoms with Crippen LogP contribution in [0.1, 0.15) is 51.6 Å². The van der Waals surface area contributed by atoms with Gasteiger partial charge in [-0.3, -0.25) is 0 Å². The van der Waals surface area contributed by atoms with E-state index in [4.69, 9.17) is 0 Å². The van der Waals surface area contributed by atoms with Crippen LogP contribution in [0.3, 0.4) is 0 Å². The molecule has 2 unspecified atom stereocenters. The van der Waals surface area contributed by atoms with Crippen molar-refractivity contribution in [2.75, 3.05) is 6.54 Å². The van der Waals surface area contributed by atoms with Crippen molar-refractivity contribution in [3.63, 3.8) is 0 Å². The van der Waals surface area contributed by atoms with E-state index >= 15 is 0 Å². The molecule has 0 fully saturated rings. The van der Waals surface area contributed by atoms with E-state index in [2.05, 4.69) is 53.5 Å². The van der Waals surface area contributed by atoms with Crippen molar-refractivity contribution in [3.8, 4) is 0 Å². The Morgan fingerprint density at radius 2 is 2.12 bits per heavy atom. The monoisotopic (exact) mass is 303 g/mol. The second kappa shape index (κ2) is 7.46. The highest BCUT2D eigenvalue weighted by molar-refractivity contribution is 9.11. The van der Waals surface area contributed by atoms with Crippen molar-refractivity contribution in [1.82, 2.24) is 5.32 Å². The molecule has 0 aliphatic heterocycles. The van der Waals surface area contributed by atoms with Gasteiger partial charge >= 0.3 is 0 Å². The van der Waals surface area contributed by atoms with E-state index in [1.54, 1.807) is 11.3 Å². The first-order valence-electron chi connectivity index (χ1n) is 6.16. The minimum atomic E-state index is 0.516. The van der Waals surface area contributed by atoms with E-state index in [9.17, 15) is 0 Å². The quantitative estimate of drug-likeness (QED) is 0.748. The van der Waals surface area contributed by atoms with Gasteiger partial charge in [-0.25, -0.2) is 0 Å². The van der Waals surface area contributed by atoms with Crippen LogP contribution in [0.15, 0.2) is 15.2 Å². The summed E-state index contributed by atoms with van der Waals surface area (Å²) in [4.78, 5) is 0. The Morgan fingerprint density at radius 3 is 2.62 bits per heavy atom. The number of thiophene rings is 1. The van der Waals surface area contributed by atoms with Gasteiger partial charge in [0.05, 0.1) is 3.79 Å². The lowest BCUT2D eigenvalue weighted by atomic mass is 9.92. The Hall–Kier alpha value is 0.140. The van der Waals surface area contributed by atoms with Crippen LogP contribution in [0.2, 0.25) is 0 Å². The van der Waals surface area contributed by atoms with Gasteiger partial charge in [0.15, 0.2) is 0 Å². The SMILES string of the molecule is CCCNC(c1csc(Br)c1)C(C)CCC. The van der Waals surface area contributed by atoms with Gasteiger partial charge in [0, 0.05) is 6.04 Å². The predicted molar refractivity (Wildman–Crippen MR) is 77.1 cm³/mol. The molecule has 0 saturated carbocycles. The largest absolute Gasteiger partial charge is 0.310 e. The fourth-order valence-corrected chi connectivity index (χ4v) is 3.27. The molecule has 0 amide bonds. The Bertz CT molecular complexity index is 298. The lowest BCUT2D eigenvalue weighted by molar-refractivity contribution is 0.364. The zero-order chi connectivity index (χ0) is 12.0. The molecule has 0 radical (unpaired) electrons. The molecule has 92 valence electrons. The zero-order valence-corrected chi connectivity index (χ0v) is 12.8. The molecule has 1 aromatic heterocycles. The molecular formula is C13H22BrNS. The molecule has 1 aromatic rings. The van der Waals surface area contributed by atoms with Gasteiger partial charge in [-0.1, -0.05) is 27.2 Å². The van der Waals surface area contributed by atoms with E-state index in [0.717, 1.165) is 6.54 Å². The summed E-state index contributed by atoms with van der Waals surface area (Å²) in [5, 5.41) is 5.94. The summed E-state index contributed by atoms with van der Waals surface area (Å²) in [6.45, 7) is 7.93. The molecule has 0 aliphatic rings. The first kappa shape index (κ1) is 14.2. The summed E-state index contributed by atoms with van der Waals surface area (Å²) in [6.07, 6.45) is 3.74. The first-order chi connectivity index (χ1) is 7.69. The summed E-state index contributed by atoms with van der Waals surface area (Å²) in [7, 11) is 0. The predicted octanol–water partition coefficient (Wildman–Crippen LogP) is 4.99. The highest BCUT2D eigenvalue weighted by Crippen LogP contribution is 2.31. The Balaban J connectivity index is 2.69. The van der Waals surface area contributed by atoms with Crippen molar-refractivity contribution in [2.45, 2.75) is 46.1 Å². The number of hydrogen-bond donors (Lipinski definition) is 1. The topological polar surface area (TPSA) is 12.0 Å². The van der Waals surface area contributed by atoms with E-state index in [1.165, 1.54) is 28.6 Å². The molecule has 0 aliphatic carbocycles. The van der Waals surface area contributed by atoms with Crippen molar-refractivity contribution >= 4 is 27.3 Å². The average molecular weight is 304 g/mol. The fourth-order valence-electron chi connectivity index (χ4n) is 2.06. The second-order valence-corrected chi connectivity index (χ2v) is 6.67. The Kier molecular flexibility index (Phi) is 6.62. The number of rotatable bonds is 7. The van der Waals surface area contributed by atoms with Gasteiger partial charge in [0.2, 0.25) is 0 Å². The lowest BCUT2D eigenvalue weighted by Gasteiger charge is -2.24. The maximum Gasteiger partial charge on any atom is 0.0701 e. The molecule has 16 heavy (non-hydrogen) atoms. The number of hydrogen-bond acceptors (Lipinski definition) is 2. The van der Waals surface area contributed by atoms with Gasteiger partial charge in [0.1, 0.15) is 0 Å². The average Bonchev–Trinajstić information content (AvgIpc) is 2.66. The second-order valence-electron chi connectivity index (χ2n) is 4.38. The molecule has 1 N–H and O–H groups in total. The molecule has 1 rings (SSSR count). The van der Waals surface area contributed by atoms with Gasteiger partial charge in [0.25, 0.3) is 0 Å². The lowest BCUT2D eigenvalue weighted by Crippen LogP contribution is -2.27. The molecular weight excluding hydrogens is 282 g/mol. The molecule has 1 nitrogen and oxygen atoms in total. The van der Waals surface area contributed by atoms with E-state index < -0.39 is 0 Å². The van der Waals surface area contributed by atoms with Gasteiger partial charge in [-0.2, -0.15) is 0 Å². The van der Waals surface area contributed by atoms with Crippen LogP contribution in [-0.4, -0.2) is 6.54 Å². The van der Waals surface area contributed by atoms with Crippen molar-refractivity contribution in [1.29, 1.82) is 0 Å². The third kappa shape index (κ3) is 4.19. The molecule has 0 saturated heterocycles. The molecule has 2 atom stereocenters. The Morgan fingerprint density at radius 1 is 1.38 bits per heavy atom. The molecule has 1 heterocycles. The fraction of sp³-hybridized carbons (Fsp3) is 0.692. The summed E-state index contributed by atoms with van der Waals surface area (Å²) >= 11 is 5.33. The summed E-state index contributed by atoms with van der Waals surface area (Å²) < 4.78 is 1.23. The smallest absolute Gasteiger partial charge is 0.0701 e. The number of halogens is 1. The third-order valence-electron chi connectivity index (χ3n) is 2.87. The molecule has 0 spiro atoms. The Labute approximate surface area is 112 Å². The van der Waals surface area contributed by atoms with E-state index in [0.29, 0.717) is 12.0 Å². The highest BCUT2D eigenvalue weighted by atomic mass is 79.9. The van der Waals surface area contributed by atoms with Gasteiger partial charge in [-0.05, 0) is 58.2 Å². The summed E-state index contributed by atoms with van der Waals surface area (Å²) in [5.74, 6) is 0.707.